The molecule has 0 unspecified atom stereocenters. The van der Waals surface area contributed by atoms with Gasteiger partial charge in [-0.2, -0.15) is 0 Å². The van der Waals surface area contributed by atoms with E-state index in [0.717, 1.165) is 11.4 Å². The van der Waals surface area contributed by atoms with Crippen LogP contribution in [-0.4, -0.2) is 0 Å². The molecule has 0 N–H and O–H groups in total. The van der Waals surface area contributed by atoms with Crippen LogP contribution >= 0.6 is 11.6 Å². The van der Waals surface area contributed by atoms with E-state index < -0.39 is 0 Å². The lowest BCUT2D eigenvalue weighted by Crippen LogP contribution is -2.17. The average molecular weight is 315 g/mol. The van der Waals surface area contributed by atoms with Gasteiger partial charge < -0.3 is 0 Å². The lowest BCUT2D eigenvalue weighted by molar-refractivity contribution is 0.567. The zero-order valence-corrected chi connectivity index (χ0v) is 15.4. The van der Waals surface area contributed by atoms with Crippen molar-refractivity contribution in [3.05, 3.63) is 69.7 Å². The largest absolute Gasteiger partial charge is 0.0843 e. The Labute approximate surface area is 140 Å². The highest BCUT2D eigenvalue weighted by atomic mass is 35.5. The van der Waals surface area contributed by atoms with E-state index in [-0.39, 0.29) is 10.8 Å². The molecule has 0 aromatic heterocycles. The van der Waals surface area contributed by atoms with Gasteiger partial charge in [0, 0.05) is 5.02 Å². The lowest BCUT2D eigenvalue weighted by Gasteiger charge is -2.26. The summed E-state index contributed by atoms with van der Waals surface area (Å²) >= 11 is 5.98. The number of hydrogen-bond acceptors (Lipinski definition) is 0. The molecule has 0 amide bonds. The smallest absolute Gasteiger partial charge is 0.0406 e. The van der Waals surface area contributed by atoms with Crippen LogP contribution in [0.3, 0.4) is 0 Å². The normalized spacial score (nSPS) is 12.5. The first-order chi connectivity index (χ1) is 10.1. The van der Waals surface area contributed by atoms with Gasteiger partial charge in [-0.1, -0.05) is 83.5 Å². The van der Waals surface area contributed by atoms with Gasteiger partial charge in [-0.15, -0.1) is 0 Å². The van der Waals surface area contributed by atoms with Crippen LogP contribution in [-0.2, 0) is 17.3 Å². The van der Waals surface area contributed by atoms with Crippen molar-refractivity contribution >= 4 is 11.6 Å². The van der Waals surface area contributed by atoms with Crippen LogP contribution in [0.2, 0.25) is 5.02 Å². The Morgan fingerprint density at radius 2 is 1.14 bits per heavy atom. The van der Waals surface area contributed by atoms with Gasteiger partial charge in [0.15, 0.2) is 0 Å². The topological polar surface area (TPSA) is 0 Å². The van der Waals surface area contributed by atoms with Crippen molar-refractivity contribution < 1.29 is 0 Å². The number of rotatable bonds is 2. The minimum atomic E-state index is 0.163. The molecular weight excluding hydrogens is 288 g/mol. The summed E-state index contributed by atoms with van der Waals surface area (Å²) in [5, 5.41) is 0.794. The van der Waals surface area contributed by atoms with E-state index in [4.69, 9.17) is 11.6 Å². The van der Waals surface area contributed by atoms with Gasteiger partial charge in [-0.3, -0.25) is 0 Å². The summed E-state index contributed by atoms with van der Waals surface area (Å²) in [5.74, 6) is 0. The Bertz CT molecular complexity index is 605. The Hall–Kier alpha value is -1.27. The highest BCUT2D eigenvalue weighted by Crippen LogP contribution is 2.31. The monoisotopic (exact) mass is 314 g/mol. The highest BCUT2D eigenvalue weighted by molar-refractivity contribution is 6.30. The van der Waals surface area contributed by atoms with E-state index >= 15 is 0 Å². The number of halogens is 1. The molecule has 0 aliphatic heterocycles. The minimum absolute atomic E-state index is 0.163. The maximum absolute atomic E-state index is 5.98. The van der Waals surface area contributed by atoms with Crippen LogP contribution in [0.25, 0.3) is 0 Å². The molecule has 2 aromatic carbocycles. The van der Waals surface area contributed by atoms with Crippen molar-refractivity contribution in [3.8, 4) is 0 Å². The van der Waals surface area contributed by atoms with E-state index in [1.54, 1.807) is 0 Å². The van der Waals surface area contributed by atoms with E-state index in [9.17, 15) is 0 Å². The van der Waals surface area contributed by atoms with Gasteiger partial charge in [-0.25, -0.2) is 0 Å². The average Bonchev–Trinajstić information content (AvgIpc) is 2.39. The summed E-state index contributed by atoms with van der Waals surface area (Å²) < 4.78 is 0. The maximum atomic E-state index is 5.98. The molecule has 0 saturated carbocycles. The Morgan fingerprint density at radius 1 is 0.682 bits per heavy atom. The molecule has 0 aliphatic rings. The van der Waals surface area contributed by atoms with Crippen LogP contribution in [0.5, 0.6) is 0 Å². The van der Waals surface area contributed by atoms with Gasteiger partial charge in [0.2, 0.25) is 0 Å². The van der Waals surface area contributed by atoms with Crippen molar-refractivity contribution in [2.75, 3.05) is 0 Å². The van der Waals surface area contributed by atoms with Gasteiger partial charge >= 0.3 is 0 Å². The summed E-state index contributed by atoms with van der Waals surface area (Å²) in [4.78, 5) is 0. The van der Waals surface area contributed by atoms with Gasteiger partial charge in [0.05, 0.1) is 0 Å². The molecular formula is C21H27Cl. The second-order valence-corrected chi connectivity index (χ2v) is 8.66. The number of benzene rings is 2. The first kappa shape index (κ1) is 17.1. The Balaban J connectivity index is 2.44. The molecule has 0 saturated heterocycles. The van der Waals surface area contributed by atoms with Crippen molar-refractivity contribution in [1.82, 2.24) is 0 Å². The second kappa shape index (κ2) is 6.08. The highest BCUT2D eigenvalue weighted by Gasteiger charge is 2.20. The van der Waals surface area contributed by atoms with Gasteiger partial charge in [0.25, 0.3) is 0 Å². The van der Waals surface area contributed by atoms with Crippen LogP contribution in [0, 0.1) is 0 Å². The van der Waals surface area contributed by atoms with Gasteiger partial charge in [-0.05, 0) is 51.6 Å². The first-order valence-corrected chi connectivity index (χ1v) is 8.33. The first-order valence-electron chi connectivity index (χ1n) is 7.95. The minimum Gasteiger partial charge on any atom is -0.0843 e. The fraction of sp³-hybridized carbons (Fsp3) is 0.429. The molecule has 0 heterocycles. The zero-order valence-electron chi connectivity index (χ0n) is 14.6. The third-order valence-electron chi connectivity index (χ3n) is 4.05. The Morgan fingerprint density at radius 3 is 1.55 bits per heavy atom. The zero-order chi connectivity index (χ0) is 16.5. The van der Waals surface area contributed by atoms with Crippen molar-refractivity contribution in [2.45, 2.75) is 58.8 Å². The fourth-order valence-electron chi connectivity index (χ4n) is 2.50. The maximum Gasteiger partial charge on any atom is 0.0406 e. The lowest BCUT2D eigenvalue weighted by atomic mass is 9.79. The van der Waals surface area contributed by atoms with E-state index in [1.807, 2.05) is 12.1 Å². The van der Waals surface area contributed by atoms with E-state index in [2.05, 4.69) is 71.9 Å². The van der Waals surface area contributed by atoms with E-state index in [1.165, 1.54) is 22.3 Å². The molecule has 2 aromatic rings. The summed E-state index contributed by atoms with van der Waals surface area (Å²) in [6, 6.07) is 15.2. The third kappa shape index (κ3) is 4.36. The molecule has 22 heavy (non-hydrogen) atoms. The third-order valence-corrected chi connectivity index (χ3v) is 4.30. The SMILES string of the molecule is CC(C)(C)c1cc(Cc2ccc(Cl)cc2)cc(C(C)(C)C)c1. The molecule has 0 aliphatic carbocycles. The molecule has 0 spiro atoms. The molecule has 1 heteroatoms. The van der Waals surface area contributed by atoms with Crippen LogP contribution in [0.4, 0.5) is 0 Å². The summed E-state index contributed by atoms with van der Waals surface area (Å²) in [7, 11) is 0. The molecule has 118 valence electrons. The molecule has 0 bridgehead atoms. The fourth-order valence-corrected chi connectivity index (χ4v) is 2.62. The quantitative estimate of drug-likeness (QED) is 0.591. The molecule has 0 nitrogen and oxygen atoms in total. The summed E-state index contributed by atoms with van der Waals surface area (Å²) in [5.41, 5.74) is 5.81. The molecule has 2 rings (SSSR count). The predicted molar refractivity (Wildman–Crippen MR) is 98.1 cm³/mol. The second-order valence-electron chi connectivity index (χ2n) is 8.22. The van der Waals surface area contributed by atoms with Crippen LogP contribution in [0.1, 0.15) is 63.8 Å². The molecule has 0 fully saturated rings. The van der Waals surface area contributed by atoms with Gasteiger partial charge in [0.1, 0.15) is 0 Å². The molecule has 0 atom stereocenters. The van der Waals surface area contributed by atoms with Crippen LogP contribution < -0.4 is 0 Å². The van der Waals surface area contributed by atoms with Crippen molar-refractivity contribution in [2.24, 2.45) is 0 Å². The summed E-state index contributed by atoms with van der Waals surface area (Å²) in [6.45, 7) is 13.7. The predicted octanol–water partition coefficient (Wildman–Crippen LogP) is 6.53. The molecule has 0 radical (unpaired) electrons. The van der Waals surface area contributed by atoms with E-state index in [0.29, 0.717) is 0 Å². The number of hydrogen-bond donors (Lipinski definition) is 0. The van der Waals surface area contributed by atoms with Crippen LogP contribution in [0.15, 0.2) is 42.5 Å². The summed E-state index contributed by atoms with van der Waals surface area (Å²) in [6.07, 6.45) is 0.949. The van der Waals surface area contributed by atoms with Crippen molar-refractivity contribution in [1.29, 1.82) is 0 Å². The standard InChI is InChI=1S/C21H27Cl/c1-20(2,3)17-12-16(13-18(14-17)21(4,5)6)11-15-7-9-19(22)10-8-15/h7-10,12-14H,11H2,1-6H3. The van der Waals surface area contributed by atoms with Crippen molar-refractivity contribution in [3.63, 3.8) is 0 Å². The Kier molecular flexibility index (Phi) is 4.73.